The number of amides is 1. The molecule has 23 heavy (non-hydrogen) atoms. The number of H-pyrrole nitrogens is 1. The van der Waals surface area contributed by atoms with Crippen molar-refractivity contribution in [1.82, 2.24) is 14.5 Å². The molecule has 1 aromatic heterocycles. The Hall–Kier alpha value is -1.95. The van der Waals surface area contributed by atoms with Gasteiger partial charge in [0.25, 0.3) is 5.56 Å². The minimum absolute atomic E-state index is 0.0499. The molecule has 0 aliphatic rings. The highest BCUT2D eigenvalue weighted by Crippen LogP contribution is 2.08. The van der Waals surface area contributed by atoms with Gasteiger partial charge in [-0.15, -0.1) is 0 Å². The second kappa shape index (κ2) is 8.06. The summed E-state index contributed by atoms with van der Waals surface area (Å²) in [7, 11) is 1.82. The Bertz CT molecular complexity index is 794. The first-order valence-electron chi connectivity index (χ1n) is 8.00. The molecule has 0 saturated carbocycles. The largest absolute Gasteiger partial charge is 0.346 e. The van der Waals surface area contributed by atoms with Crippen LogP contribution in [0.25, 0.3) is 10.9 Å². The first-order chi connectivity index (χ1) is 11.0. The van der Waals surface area contributed by atoms with Gasteiger partial charge in [0.05, 0.1) is 10.9 Å². The van der Waals surface area contributed by atoms with Crippen LogP contribution in [0.3, 0.4) is 0 Å². The van der Waals surface area contributed by atoms with E-state index in [1.165, 1.54) is 0 Å². The van der Waals surface area contributed by atoms with E-state index in [0.717, 1.165) is 31.3 Å². The van der Waals surface area contributed by atoms with E-state index in [-0.39, 0.29) is 11.5 Å². The SMILES string of the molecule is CCN(C)C(=O)CCCCCn1c(=S)[nH]c2ccccc2c1=O. The second-order valence-corrected chi connectivity index (χ2v) is 6.04. The fourth-order valence-electron chi connectivity index (χ4n) is 2.49. The highest BCUT2D eigenvalue weighted by Gasteiger charge is 2.07. The van der Waals surface area contributed by atoms with Gasteiger partial charge in [-0.1, -0.05) is 18.6 Å². The number of nitrogens with zero attached hydrogens (tertiary/aromatic N) is 2. The molecule has 0 aliphatic heterocycles. The molecule has 0 aliphatic carbocycles. The lowest BCUT2D eigenvalue weighted by Crippen LogP contribution is -2.25. The van der Waals surface area contributed by atoms with Crippen LogP contribution in [0.15, 0.2) is 29.1 Å². The van der Waals surface area contributed by atoms with Crippen LogP contribution in [0.2, 0.25) is 0 Å². The summed E-state index contributed by atoms with van der Waals surface area (Å²) < 4.78 is 2.06. The monoisotopic (exact) mass is 333 g/mol. The fraction of sp³-hybridized carbons (Fsp3) is 0.471. The number of fused-ring (bicyclic) bond motifs is 1. The number of rotatable bonds is 7. The molecule has 1 amide bonds. The Labute approximate surface area is 140 Å². The van der Waals surface area contributed by atoms with E-state index in [9.17, 15) is 9.59 Å². The van der Waals surface area contributed by atoms with Gasteiger partial charge in [-0.2, -0.15) is 0 Å². The Balaban J connectivity index is 1.94. The third kappa shape index (κ3) is 4.28. The van der Waals surface area contributed by atoms with Crippen molar-refractivity contribution >= 4 is 29.0 Å². The fourth-order valence-corrected chi connectivity index (χ4v) is 2.78. The van der Waals surface area contributed by atoms with Gasteiger partial charge in [0.2, 0.25) is 5.91 Å². The topological polar surface area (TPSA) is 58.1 Å². The number of nitrogens with one attached hydrogen (secondary N) is 1. The van der Waals surface area contributed by atoms with E-state index in [0.29, 0.717) is 23.1 Å². The lowest BCUT2D eigenvalue weighted by Gasteiger charge is -2.14. The maximum atomic E-state index is 12.5. The molecule has 0 bridgehead atoms. The summed E-state index contributed by atoms with van der Waals surface area (Å²) in [5.74, 6) is 0.174. The van der Waals surface area contributed by atoms with Crippen LogP contribution in [-0.4, -0.2) is 34.0 Å². The summed E-state index contributed by atoms with van der Waals surface area (Å²) in [4.78, 5) is 29.0. The van der Waals surface area contributed by atoms with Crippen LogP contribution in [-0.2, 0) is 11.3 Å². The molecule has 0 atom stereocenters. The van der Waals surface area contributed by atoms with Gasteiger partial charge < -0.3 is 9.88 Å². The van der Waals surface area contributed by atoms with Crippen LogP contribution < -0.4 is 5.56 Å². The van der Waals surface area contributed by atoms with Crippen LogP contribution in [0.1, 0.15) is 32.6 Å². The molecule has 0 fully saturated rings. The van der Waals surface area contributed by atoms with E-state index in [1.807, 2.05) is 32.2 Å². The molecule has 5 nitrogen and oxygen atoms in total. The predicted octanol–water partition coefficient (Wildman–Crippen LogP) is 3.10. The lowest BCUT2D eigenvalue weighted by atomic mass is 10.2. The number of unbranched alkanes of at least 4 members (excludes halogenated alkanes) is 2. The van der Waals surface area contributed by atoms with E-state index in [1.54, 1.807) is 15.5 Å². The van der Waals surface area contributed by atoms with Gasteiger partial charge in [-0.3, -0.25) is 14.2 Å². The number of carbonyl (C=O) groups is 1. The highest BCUT2D eigenvalue weighted by molar-refractivity contribution is 7.71. The average Bonchev–Trinajstić information content (AvgIpc) is 2.56. The standard InChI is InChI=1S/C17H23N3O2S/c1-3-19(2)15(21)11-5-4-8-12-20-16(22)13-9-6-7-10-14(13)18-17(20)23/h6-7,9-10H,3-5,8,11-12H2,1-2H3,(H,18,23). The summed E-state index contributed by atoms with van der Waals surface area (Å²) in [5, 5.41) is 0.654. The summed E-state index contributed by atoms with van der Waals surface area (Å²) in [5.41, 5.74) is 0.720. The predicted molar refractivity (Wildman–Crippen MR) is 95.2 cm³/mol. The molecule has 1 N–H and O–H groups in total. The molecule has 2 rings (SSSR count). The molecular formula is C17H23N3O2S. The first-order valence-corrected chi connectivity index (χ1v) is 8.41. The van der Waals surface area contributed by atoms with E-state index < -0.39 is 0 Å². The molecule has 0 radical (unpaired) electrons. The number of hydrogen-bond acceptors (Lipinski definition) is 3. The Morgan fingerprint density at radius 1 is 1.26 bits per heavy atom. The Kier molecular flexibility index (Phi) is 6.10. The smallest absolute Gasteiger partial charge is 0.262 e. The Morgan fingerprint density at radius 2 is 2.00 bits per heavy atom. The molecule has 6 heteroatoms. The highest BCUT2D eigenvalue weighted by atomic mass is 32.1. The minimum Gasteiger partial charge on any atom is -0.346 e. The van der Waals surface area contributed by atoms with Gasteiger partial charge in [0.15, 0.2) is 4.77 Å². The van der Waals surface area contributed by atoms with E-state index >= 15 is 0 Å². The van der Waals surface area contributed by atoms with Gasteiger partial charge in [0.1, 0.15) is 0 Å². The van der Waals surface area contributed by atoms with Crippen LogP contribution >= 0.6 is 12.2 Å². The molecule has 0 spiro atoms. The average molecular weight is 333 g/mol. The third-order valence-electron chi connectivity index (χ3n) is 4.06. The zero-order valence-electron chi connectivity index (χ0n) is 13.7. The van der Waals surface area contributed by atoms with Gasteiger partial charge in [0, 0.05) is 26.6 Å². The Morgan fingerprint density at radius 3 is 2.74 bits per heavy atom. The second-order valence-electron chi connectivity index (χ2n) is 5.65. The zero-order valence-corrected chi connectivity index (χ0v) is 14.5. The van der Waals surface area contributed by atoms with Gasteiger partial charge >= 0.3 is 0 Å². The van der Waals surface area contributed by atoms with Crippen LogP contribution in [0, 0.1) is 4.77 Å². The summed E-state index contributed by atoms with van der Waals surface area (Å²) in [6, 6.07) is 7.38. The number of para-hydroxylation sites is 1. The summed E-state index contributed by atoms with van der Waals surface area (Å²) in [6.07, 6.45) is 3.13. The molecular weight excluding hydrogens is 310 g/mol. The minimum atomic E-state index is -0.0499. The van der Waals surface area contributed by atoms with Crippen molar-refractivity contribution in [2.45, 2.75) is 39.2 Å². The number of aromatic amines is 1. The number of aromatic nitrogens is 2. The van der Waals surface area contributed by atoms with E-state index in [2.05, 4.69) is 4.98 Å². The van der Waals surface area contributed by atoms with Crippen LogP contribution in [0.5, 0.6) is 0 Å². The molecule has 2 aromatic rings. The quantitative estimate of drug-likeness (QED) is 0.626. The molecule has 0 unspecified atom stereocenters. The summed E-state index contributed by atoms with van der Waals surface area (Å²) >= 11 is 5.28. The van der Waals surface area contributed by atoms with Gasteiger partial charge in [-0.25, -0.2) is 0 Å². The third-order valence-corrected chi connectivity index (χ3v) is 4.38. The maximum absolute atomic E-state index is 12.5. The van der Waals surface area contributed by atoms with Crippen molar-refractivity contribution in [3.05, 3.63) is 39.4 Å². The van der Waals surface area contributed by atoms with E-state index in [4.69, 9.17) is 12.2 Å². The number of benzene rings is 1. The molecule has 124 valence electrons. The van der Waals surface area contributed by atoms with Crippen molar-refractivity contribution in [3.8, 4) is 0 Å². The molecule has 1 heterocycles. The molecule has 1 aromatic carbocycles. The van der Waals surface area contributed by atoms with Crippen molar-refractivity contribution in [2.75, 3.05) is 13.6 Å². The van der Waals surface area contributed by atoms with Crippen LogP contribution in [0.4, 0.5) is 0 Å². The normalized spacial score (nSPS) is 10.9. The zero-order chi connectivity index (χ0) is 16.8. The first kappa shape index (κ1) is 17.4. The maximum Gasteiger partial charge on any atom is 0.262 e. The van der Waals surface area contributed by atoms with Gasteiger partial charge in [-0.05, 0) is 44.1 Å². The van der Waals surface area contributed by atoms with Crippen molar-refractivity contribution < 1.29 is 4.79 Å². The summed E-state index contributed by atoms with van der Waals surface area (Å²) in [6.45, 7) is 3.28. The van der Waals surface area contributed by atoms with Crippen molar-refractivity contribution in [2.24, 2.45) is 0 Å². The number of hydrogen-bond donors (Lipinski definition) is 1. The molecule has 0 saturated heterocycles. The lowest BCUT2D eigenvalue weighted by molar-refractivity contribution is -0.129. The van der Waals surface area contributed by atoms with Crippen molar-refractivity contribution in [1.29, 1.82) is 0 Å². The van der Waals surface area contributed by atoms with Crippen molar-refractivity contribution in [3.63, 3.8) is 0 Å². The number of carbonyl (C=O) groups excluding carboxylic acids is 1.